The molecule has 0 N–H and O–H groups in total. The molecule has 3 nitrogen and oxygen atoms in total. The number of rotatable bonds is 5. The van der Waals surface area contributed by atoms with Gasteiger partial charge in [0.15, 0.2) is 0 Å². The van der Waals surface area contributed by atoms with E-state index in [1.165, 1.54) is 17.7 Å². The highest BCUT2D eigenvalue weighted by Crippen LogP contribution is 2.26. The molecule has 1 aliphatic heterocycles. The fourth-order valence-electron chi connectivity index (χ4n) is 3.37. The number of piperidine rings is 1. The Kier molecular flexibility index (Phi) is 5.69. The third-order valence-corrected chi connectivity index (χ3v) is 4.80. The van der Waals surface area contributed by atoms with Crippen molar-refractivity contribution in [2.24, 2.45) is 5.92 Å². The fraction of sp³-hybridized carbons (Fsp3) is 0.381. The summed E-state index contributed by atoms with van der Waals surface area (Å²) in [6, 6.07) is 14.5. The van der Waals surface area contributed by atoms with Gasteiger partial charge in [0, 0.05) is 18.8 Å². The van der Waals surface area contributed by atoms with Gasteiger partial charge in [-0.3, -0.25) is 0 Å². The van der Waals surface area contributed by atoms with Gasteiger partial charge in [-0.05, 0) is 74.1 Å². The number of carbonyl (C=O) groups is 1. The molecule has 0 unspecified atom stereocenters. The first kappa shape index (κ1) is 17.5. The lowest BCUT2D eigenvalue weighted by atomic mass is 9.89. The summed E-state index contributed by atoms with van der Waals surface area (Å²) in [4.78, 5) is 14.0. The number of ether oxygens (including phenoxy) is 1. The highest BCUT2D eigenvalue weighted by Gasteiger charge is 2.20. The zero-order chi connectivity index (χ0) is 17.6. The van der Waals surface area contributed by atoms with Gasteiger partial charge in [-0.25, -0.2) is 9.18 Å². The summed E-state index contributed by atoms with van der Waals surface area (Å²) in [6.45, 7) is 4.20. The molecule has 132 valence electrons. The summed E-state index contributed by atoms with van der Waals surface area (Å²) in [5, 5.41) is 0. The zero-order valence-electron chi connectivity index (χ0n) is 14.6. The van der Waals surface area contributed by atoms with Crippen LogP contribution in [0.1, 0.15) is 35.7 Å². The van der Waals surface area contributed by atoms with Crippen LogP contribution in [0, 0.1) is 11.7 Å². The van der Waals surface area contributed by atoms with Crippen molar-refractivity contribution in [2.75, 3.05) is 24.6 Å². The lowest BCUT2D eigenvalue weighted by Gasteiger charge is -2.33. The van der Waals surface area contributed by atoms with E-state index in [4.69, 9.17) is 4.74 Å². The molecule has 0 aromatic heterocycles. The van der Waals surface area contributed by atoms with E-state index in [2.05, 4.69) is 4.90 Å². The van der Waals surface area contributed by atoms with Gasteiger partial charge in [0.05, 0.1) is 12.2 Å². The van der Waals surface area contributed by atoms with Crippen LogP contribution in [-0.2, 0) is 11.2 Å². The van der Waals surface area contributed by atoms with Gasteiger partial charge in [-0.1, -0.05) is 12.1 Å². The molecular weight excluding hydrogens is 317 g/mol. The van der Waals surface area contributed by atoms with Gasteiger partial charge < -0.3 is 9.64 Å². The Bertz CT molecular complexity index is 689. The Morgan fingerprint density at radius 3 is 2.32 bits per heavy atom. The van der Waals surface area contributed by atoms with E-state index in [1.807, 2.05) is 43.3 Å². The van der Waals surface area contributed by atoms with Gasteiger partial charge in [-0.2, -0.15) is 0 Å². The standard InChI is InChI=1S/C21H24FNO2/c1-2-25-21(24)18-5-3-16(4-6-18)15-17-11-13-23(14-12-17)20-9-7-19(22)8-10-20/h3-10,17H,2,11-15H2,1H3. The van der Waals surface area contributed by atoms with Crippen molar-refractivity contribution >= 4 is 11.7 Å². The first-order valence-electron chi connectivity index (χ1n) is 8.92. The molecule has 2 aromatic carbocycles. The van der Waals surface area contributed by atoms with Gasteiger partial charge in [0.25, 0.3) is 0 Å². The van der Waals surface area contributed by atoms with Crippen LogP contribution < -0.4 is 4.90 Å². The molecule has 1 heterocycles. The van der Waals surface area contributed by atoms with Crippen LogP contribution in [-0.4, -0.2) is 25.7 Å². The number of esters is 1. The molecule has 1 saturated heterocycles. The van der Waals surface area contributed by atoms with Crippen molar-refractivity contribution in [3.8, 4) is 0 Å². The van der Waals surface area contributed by atoms with Crippen LogP contribution >= 0.6 is 0 Å². The minimum Gasteiger partial charge on any atom is -0.462 e. The molecule has 0 saturated carbocycles. The van der Waals surface area contributed by atoms with Gasteiger partial charge in [0.1, 0.15) is 5.82 Å². The van der Waals surface area contributed by atoms with Gasteiger partial charge in [0.2, 0.25) is 0 Å². The number of halogens is 1. The summed E-state index contributed by atoms with van der Waals surface area (Å²) < 4.78 is 18.0. The molecule has 2 aromatic rings. The molecule has 1 fully saturated rings. The van der Waals surface area contributed by atoms with Crippen LogP contribution in [0.3, 0.4) is 0 Å². The van der Waals surface area contributed by atoms with E-state index in [9.17, 15) is 9.18 Å². The molecule has 4 heteroatoms. The second kappa shape index (κ2) is 8.15. The Morgan fingerprint density at radius 1 is 1.08 bits per heavy atom. The number of carbonyl (C=O) groups excluding carboxylic acids is 1. The highest BCUT2D eigenvalue weighted by molar-refractivity contribution is 5.89. The van der Waals surface area contributed by atoms with E-state index in [-0.39, 0.29) is 11.8 Å². The number of hydrogen-bond acceptors (Lipinski definition) is 3. The van der Waals surface area contributed by atoms with Crippen LogP contribution in [0.25, 0.3) is 0 Å². The monoisotopic (exact) mass is 341 g/mol. The van der Waals surface area contributed by atoms with E-state index in [1.54, 1.807) is 0 Å². The molecule has 0 atom stereocenters. The van der Waals surface area contributed by atoms with Crippen molar-refractivity contribution in [3.63, 3.8) is 0 Å². The van der Waals surface area contributed by atoms with E-state index < -0.39 is 0 Å². The first-order chi connectivity index (χ1) is 12.2. The SMILES string of the molecule is CCOC(=O)c1ccc(CC2CCN(c3ccc(F)cc3)CC2)cc1. The molecule has 0 aliphatic carbocycles. The molecule has 0 amide bonds. The predicted octanol–water partition coefficient (Wildman–Crippen LogP) is 4.46. The third kappa shape index (κ3) is 4.59. The topological polar surface area (TPSA) is 29.5 Å². The maximum absolute atomic E-state index is 13.0. The van der Waals surface area contributed by atoms with Gasteiger partial charge in [-0.15, -0.1) is 0 Å². The normalized spacial score (nSPS) is 15.2. The van der Waals surface area contributed by atoms with Crippen molar-refractivity contribution in [3.05, 3.63) is 65.5 Å². The third-order valence-electron chi connectivity index (χ3n) is 4.80. The number of anilines is 1. The Balaban J connectivity index is 1.52. The molecule has 0 bridgehead atoms. The maximum Gasteiger partial charge on any atom is 0.338 e. The van der Waals surface area contributed by atoms with Crippen molar-refractivity contribution in [2.45, 2.75) is 26.2 Å². The van der Waals surface area contributed by atoms with Crippen molar-refractivity contribution < 1.29 is 13.9 Å². The number of hydrogen-bond donors (Lipinski definition) is 0. The zero-order valence-corrected chi connectivity index (χ0v) is 14.6. The first-order valence-corrected chi connectivity index (χ1v) is 8.92. The Morgan fingerprint density at radius 2 is 1.72 bits per heavy atom. The second-order valence-electron chi connectivity index (χ2n) is 6.53. The number of nitrogens with zero attached hydrogens (tertiary/aromatic N) is 1. The van der Waals surface area contributed by atoms with E-state index in [0.29, 0.717) is 18.1 Å². The quantitative estimate of drug-likeness (QED) is 0.752. The molecule has 3 rings (SSSR count). The average molecular weight is 341 g/mol. The predicted molar refractivity (Wildman–Crippen MR) is 97.4 cm³/mol. The second-order valence-corrected chi connectivity index (χ2v) is 6.53. The Labute approximate surface area is 148 Å². The molecule has 1 aliphatic rings. The molecule has 25 heavy (non-hydrogen) atoms. The number of benzene rings is 2. The molecule has 0 radical (unpaired) electrons. The van der Waals surface area contributed by atoms with Gasteiger partial charge >= 0.3 is 5.97 Å². The minimum atomic E-state index is -0.262. The van der Waals surface area contributed by atoms with Crippen LogP contribution in [0.15, 0.2) is 48.5 Å². The van der Waals surface area contributed by atoms with Crippen molar-refractivity contribution in [1.29, 1.82) is 0 Å². The van der Waals surface area contributed by atoms with Crippen LogP contribution in [0.4, 0.5) is 10.1 Å². The largest absolute Gasteiger partial charge is 0.462 e. The van der Waals surface area contributed by atoms with Crippen LogP contribution in [0.5, 0.6) is 0 Å². The summed E-state index contributed by atoms with van der Waals surface area (Å²) in [5.74, 6) is 0.191. The summed E-state index contributed by atoms with van der Waals surface area (Å²) >= 11 is 0. The summed E-state index contributed by atoms with van der Waals surface area (Å²) in [5.41, 5.74) is 2.96. The fourth-order valence-corrected chi connectivity index (χ4v) is 3.37. The summed E-state index contributed by atoms with van der Waals surface area (Å²) in [6.07, 6.45) is 3.27. The molecular formula is C21H24FNO2. The van der Waals surface area contributed by atoms with E-state index in [0.717, 1.165) is 38.0 Å². The highest BCUT2D eigenvalue weighted by atomic mass is 19.1. The lowest BCUT2D eigenvalue weighted by molar-refractivity contribution is 0.0526. The lowest BCUT2D eigenvalue weighted by Crippen LogP contribution is -2.34. The average Bonchev–Trinajstić information content (AvgIpc) is 2.64. The van der Waals surface area contributed by atoms with E-state index >= 15 is 0 Å². The van der Waals surface area contributed by atoms with Crippen molar-refractivity contribution in [1.82, 2.24) is 0 Å². The Hall–Kier alpha value is -2.36. The maximum atomic E-state index is 13.0. The smallest absolute Gasteiger partial charge is 0.338 e. The molecule has 0 spiro atoms. The summed E-state index contributed by atoms with van der Waals surface area (Å²) in [7, 11) is 0. The van der Waals surface area contributed by atoms with Crippen LogP contribution in [0.2, 0.25) is 0 Å². The minimum absolute atomic E-state index is 0.190.